The molecule has 0 aliphatic rings. The first kappa shape index (κ1) is 21.8. The molecule has 0 aromatic carbocycles. The predicted molar refractivity (Wildman–Crippen MR) is 86.0 cm³/mol. The Morgan fingerprint density at radius 2 is 1.27 bits per heavy atom. The van der Waals surface area contributed by atoms with E-state index in [1.54, 1.807) is 0 Å². The second-order valence-corrected chi connectivity index (χ2v) is 5.20. The minimum Gasteiger partial charge on any atom is -0.462 e. The van der Waals surface area contributed by atoms with Gasteiger partial charge in [0.2, 0.25) is 0 Å². The van der Waals surface area contributed by atoms with Gasteiger partial charge in [-0.25, -0.2) is 0 Å². The van der Waals surface area contributed by atoms with Gasteiger partial charge in [0.1, 0.15) is 12.7 Å². The molecule has 26 heavy (non-hydrogen) atoms. The monoisotopic (exact) mass is 379 g/mol. The Labute approximate surface area is 153 Å². The SMILES string of the molecule is [2H]C(OC(C)=O)C(OC(C)=O)C(OC)C(OC(C)=O)C(COC)OC(C)=O. The molecule has 5 atom stereocenters. The fourth-order valence-electron chi connectivity index (χ4n) is 2.10. The van der Waals surface area contributed by atoms with Gasteiger partial charge in [-0.1, -0.05) is 0 Å². The van der Waals surface area contributed by atoms with Crippen molar-refractivity contribution in [3.8, 4) is 0 Å². The average molecular weight is 379 g/mol. The van der Waals surface area contributed by atoms with Gasteiger partial charge in [0, 0.05) is 41.9 Å². The lowest BCUT2D eigenvalue weighted by molar-refractivity contribution is -0.200. The van der Waals surface area contributed by atoms with Crippen LogP contribution in [0.15, 0.2) is 0 Å². The van der Waals surface area contributed by atoms with Crippen molar-refractivity contribution in [3.05, 3.63) is 0 Å². The number of hydrogen-bond donors (Lipinski definition) is 0. The normalized spacial score (nSPS) is 16.9. The van der Waals surface area contributed by atoms with Crippen LogP contribution in [-0.4, -0.2) is 75.7 Å². The quantitative estimate of drug-likeness (QED) is 0.358. The van der Waals surface area contributed by atoms with E-state index in [4.69, 9.17) is 29.8 Å². The maximum Gasteiger partial charge on any atom is 0.303 e. The van der Waals surface area contributed by atoms with E-state index in [0.29, 0.717) is 0 Å². The van der Waals surface area contributed by atoms with Crippen LogP contribution in [0.1, 0.15) is 29.1 Å². The highest BCUT2D eigenvalue weighted by Crippen LogP contribution is 2.19. The van der Waals surface area contributed by atoms with Crippen molar-refractivity contribution in [2.45, 2.75) is 52.1 Å². The molecule has 150 valence electrons. The van der Waals surface area contributed by atoms with Crippen LogP contribution < -0.4 is 0 Å². The fraction of sp³-hybridized carbons (Fsp3) is 0.750. The van der Waals surface area contributed by atoms with Crippen molar-refractivity contribution >= 4 is 23.9 Å². The van der Waals surface area contributed by atoms with Crippen molar-refractivity contribution in [2.75, 3.05) is 27.4 Å². The van der Waals surface area contributed by atoms with Gasteiger partial charge in [0.05, 0.1) is 7.98 Å². The highest BCUT2D eigenvalue weighted by molar-refractivity contribution is 5.68. The largest absolute Gasteiger partial charge is 0.462 e. The Bertz CT molecular complexity index is 523. The summed E-state index contributed by atoms with van der Waals surface area (Å²) >= 11 is 0. The number of hydrogen-bond acceptors (Lipinski definition) is 10. The van der Waals surface area contributed by atoms with Crippen molar-refractivity contribution in [1.29, 1.82) is 0 Å². The summed E-state index contributed by atoms with van der Waals surface area (Å²) in [6, 6.07) is 0. The lowest BCUT2D eigenvalue weighted by Crippen LogP contribution is -2.53. The molecule has 10 nitrogen and oxygen atoms in total. The van der Waals surface area contributed by atoms with Crippen molar-refractivity contribution in [3.63, 3.8) is 0 Å². The molecule has 0 N–H and O–H groups in total. The molecule has 0 aliphatic carbocycles. The highest BCUT2D eigenvalue weighted by atomic mass is 16.6. The molecule has 0 aromatic heterocycles. The minimum absolute atomic E-state index is 0.180. The molecule has 0 fully saturated rings. The number of carbonyl (C=O) groups excluding carboxylic acids is 4. The zero-order chi connectivity index (χ0) is 21.1. The summed E-state index contributed by atoms with van der Waals surface area (Å²) in [5.41, 5.74) is 0. The Morgan fingerprint density at radius 3 is 1.65 bits per heavy atom. The molecule has 0 rings (SSSR count). The maximum absolute atomic E-state index is 11.6. The van der Waals surface area contributed by atoms with Gasteiger partial charge in [0.15, 0.2) is 18.3 Å². The lowest BCUT2D eigenvalue weighted by atomic mass is 10.0. The van der Waals surface area contributed by atoms with Crippen molar-refractivity contribution in [1.82, 2.24) is 0 Å². The third-order valence-electron chi connectivity index (χ3n) is 2.91. The van der Waals surface area contributed by atoms with Crippen LogP contribution in [0.5, 0.6) is 0 Å². The van der Waals surface area contributed by atoms with Crippen LogP contribution in [0.4, 0.5) is 0 Å². The Kier molecular flexibility index (Phi) is 10.3. The number of rotatable bonds is 11. The molecule has 0 radical (unpaired) electrons. The van der Waals surface area contributed by atoms with E-state index in [9.17, 15) is 19.2 Å². The number of methoxy groups -OCH3 is 2. The summed E-state index contributed by atoms with van der Waals surface area (Å²) in [4.78, 5) is 45.6. The van der Waals surface area contributed by atoms with E-state index >= 15 is 0 Å². The number of ether oxygens (including phenoxy) is 6. The molecule has 0 bridgehead atoms. The first-order valence-electron chi connectivity index (χ1n) is 8.24. The summed E-state index contributed by atoms with van der Waals surface area (Å²) in [5, 5.41) is 0. The van der Waals surface area contributed by atoms with Crippen LogP contribution >= 0.6 is 0 Å². The van der Waals surface area contributed by atoms with Gasteiger partial charge in [-0.2, -0.15) is 0 Å². The Hall–Kier alpha value is -2.20. The zero-order valence-corrected chi connectivity index (χ0v) is 15.7. The summed E-state index contributed by atoms with van der Waals surface area (Å²) in [6.07, 6.45) is -5.23. The molecule has 10 heteroatoms. The summed E-state index contributed by atoms with van der Waals surface area (Å²) in [5.74, 6) is -3.01. The third-order valence-corrected chi connectivity index (χ3v) is 2.91. The van der Waals surface area contributed by atoms with Gasteiger partial charge in [0.25, 0.3) is 0 Å². The van der Waals surface area contributed by atoms with Gasteiger partial charge in [-0.05, 0) is 0 Å². The summed E-state index contributed by atoms with van der Waals surface area (Å²) in [7, 11) is 2.54. The summed E-state index contributed by atoms with van der Waals surface area (Å²) < 4.78 is 38.4. The van der Waals surface area contributed by atoms with E-state index < -0.39 is 54.9 Å². The van der Waals surface area contributed by atoms with Crippen LogP contribution in [0.25, 0.3) is 0 Å². The topological polar surface area (TPSA) is 124 Å². The molecule has 0 aliphatic heterocycles. The number of esters is 4. The van der Waals surface area contributed by atoms with Gasteiger partial charge in [-0.3, -0.25) is 19.2 Å². The Balaban J connectivity index is 5.94. The smallest absolute Gasteiger partial charge is 0.303 e. The third kappa shape index (κ3) is 9.33. The first-order valence-corrected chi connectivity index (χ1v) is 7.66. The molecule has 0 saturated carbocycles. The Morgan fingerprint density at radius 1 is 0.769 bits per heavy atom. The fourth-order valence-corrected chi connectivity index (χ4v) is 2.10. The predicted octanol–water partition coefficient (Wildman–Crippen LogP) is 0.00600. The van der Waals surface area contributed by atoms with E-state index in [1.165, 1.54) is 14.2 Å². The number of carbonyl (C=O) groups is 4. The first-order chi connectivity index (χ1) is 12.5. The standard InChI is InChI=1S/C16H26O10/c1-9(17)23-8-14(25-11(3)19)15(22-6)16(26-12(4)20)13(7-21-5)24-10(2)18/h13-16H,7-8H2,1-6H3/i8D. The second-order valence-electron chi connectivity index (χ2n) is 5.20. The molecular weight excluding hydrogens is 352 g/mol. The summed E-state index contributed by atoms with van der Waals surface area (Å²) in [6.45, 7) is 2.55. The zero-order valence-electron chi connectivity index (χ0n) is 16.7. The maximum atomic E-state index is 11.6. The van der Waals surface area contributed by atoms with Crippen LogP contribution in [0.2, 0.25) is 0 Å². The highest BCUT2D eigenvalue weighted by Gasteiger charge is 2.41. The van der Waals surface area contributed by atoms with E-state index in [2.05, 4.69) is 0 Å². The van der Waals surface area contributed by atoms with Gasteiger partial charge in [-0.15, -0.1) is 0 Å². The lowest BCUT2D eigenvalue weighted by Gasteiger charge is -2.34. The minimum atomic E-state index is -1.69. The molecule has 0 aromatic rings. The average Bonchev–Trinajstić information content (AvgIpc) is 2.51. The second kappa shape index (κ2) is 12.2. The van der Waals surface area contributed by atoms with Crippen LogP contribution in [0, 0.1) is 0 Å². The van der Waals surface area contributed by atoms with E-state index in [-0.39, 0.29) is 6.61 Å². The molecule has 0 spiro atoms. The molecule has 0 heterocycles. The van der Waals surface area contributed by atoms with E-state index in [1.807, 2.05) is 0 Å². The molecule has 5 unspecified atom stereocenters. The molecule has 0 saturated heterocycles. The van der Waals surface area contributed by atoms with E-state index in [0.717, 1.165) is 27.7 Å². The van der Waals surface area contributed by atoms with Gasteiger partial charge >= 0.3 is 23.9 Å². The van der Waals surface area contributed by atoms with Crippen LogP contribution in [0.3, 0.4) is 0 Å². The van der Waals surface area contributed by atoms with Crippen molar-refractivity contribution in [2.24, 2.45) is 0 Å². The molecule has 0 amide bonds. The van der Waals surface area contributed by atoms with Gasteiger partial charge < -0.3 is 28.4 Å². The van der Waals surface area contributed by atoms with Crippen LogP contribution in [-0.2, 0) is 47.6 Å². The van der Waals surface area contributed by atoms with Crippen molar-refractivity contribution < 1.29 is 49.0 Å². The molecular formula is C16H26O10.